The van der Waals surface area contributed by atoms with Gasteiger partial charge in [0.2, 0.25) is 11.7 Å². The van der Waals surface area contributed by atoms with Gasteiger partial charge in [-0.1, -0.05) is 12.1 Å². The van der Waals surface area contributed by atoms with Crippen molar-refractivity contribution in [2.24, 2.45) is 7.05 Å². The molecule has 10 nitrogen and oxygen atoms in total. The predicted octanol–water partition coefficient (Wildman–Crippen LogP) is 1.09. The molecule has 32 heavy (non-hydrogen) atoms. The fourth-order valence-electron chi connectivity index (χ4n) is 4.15. The van der Waals surface area contributed by atoms with Crippen LogP contribution < -0.4 is 5.56 Å². The van der Waals surface area contributed by atoms with E-state index in [0.29, 0.717) is 55.3 Å². The molecule has 10 heteroatoms. The summed E-state index contributed by atoms with van der Waals surface area (Å²) in [6, 6.07) is 10.6. The van der Waals surface area contributed by atoms with Crippen molar-refractivity contribution in [3.8, 4) is 0 Å². The van der Waals surface area contributed by atoms with Crippen molar-refractivity contribution >= 4 is 28.5 Å². The molecule has 0 aliphatic carbocycles. The maximum absolute atomic E-state index is 12.8. The zero-order valence-corrected chi connectivity index (χ0v) is 17.6. The molecule has 0 saturated carbocycles. The first-order valence-electron chi connectivity index (χ1n) is 10.5. The Bertz CT molecular complexity index is 1360. The largest absolute Gasteiger partial charge is 0.459 e. The van der Waals surface area contributed by atoms with Crippen LogP contribution in [-0.4, -0.2) is 67.0 Å². The number of carbonyl (C=O) groups is 2. The fraction of sp³-hybridized carbons (Fsp3) is 0.318. The molecule has 0 radical (unpaired) electrons. The van der Waals surface area contributed by atoms with Gasteiger partial charge in [-0.3, -0.25) is 23.4 Å². The number of benzene rings is 1. The number of aromatic nitrogens is 4. The molecule has 0 bridgehead atoms. The monoisotopic (exact) mass is 434 g/mol. The number of hydrogen-bond donors (Lipinski definition) is 0. The third kappa shape index (κ3) is 3.33. The van der Waals surface area contributed by atoms with Gasteiger partial charge in [0.05, 0.1) is 17.2 Å². The van der Waals surface area contributed by atoms with E-state index in [9.17, 15) is 14.4 Å². The van der Waals surface area contributed by atoms with Gasteiger partial charge in [-0.15, -0.1) is 10.2 Å². The highest BCUT2D eigenvalue weighted by atomic mass is 16.3. The summed E-state index contributed by atoms with van der Waals surface area (Å²) < 4.78 is 8.48. The maximum Gasteiger partial charge on any atom is 0.289 e. The Morgan fingerprint density at radius 2 is 1.75 bits per heavy atom. The molecule has 1 fully saturated rings. The molecule has 1 saturated heterocycles. The van der Waals surface area contributed by atoms with Crippen LogP contribution in [-0.2, 0) is 18.3 Å². The summed E-state index contributed by atoms with van der Waals surface area (Å²) in [4.78, 5) is 41.2. The average molecular weight is 434 g/mol. The van der Waals surface area contributed by atoms with E-state index in [0.717, 1.165) is 5.52 Å². The minimum atomic E-state index is -0.158. The minimum Gasteiger partial charge on any atom is -0.459 e. The molecular weight excluding hydrogens is 412 g/mol. The van der Waals surface area contributed by atoms with Gasteiger partial charge in [0.1, 0.15) is 5.82 Å². The van der Waals surface area contributed by atoms with Crippen LogP contribution in [0.5, 0.6) is 0 Å². The molecular formula is C22H22N6O4. The molecule has 2 amide bonds. The summed E-state index contributed by atoms with van der Waals surface area (Å²) in [6.45, 7) is 1.88. The number of rotatable bonds is 4. The van der Waals surface area contributed by atoms with Crippen LogP contribution in [0.25, 0.3) is 16.7 Å². The second-order valence-corrected chi connectivity index (χ2v) is 7.78. The average Bonchev–Trinajstić information content (AvgIpc) is 3.51. The third-order valence-corrected chi connectivity index (χ3v) is 5.91. The quantitative estimate of drug-likeness (QED) is 0.476. The molecule has 164 valence electrons. The van der Waals surface area contributed by atoms with Gasteiger partial charge >= 0.3 is 0 Å². The Labute approximate surface area is 182 Å². The Morgan fingerprint density at radius 3 is 2.50 bits per heavy atom. The van der Waals surface area contributed by atoms with Crippen LogP contribution in [0.2, 0.25) is 0 Å². The Hall–Kier alpha value is -3.95. The highest BCUT2D eigenvalue weighted by molar-refractivity contribution is 5.91. The maximum atomic E-state index is 12.8. The van der Waals surface area contributed by atoms with Gasteiger partial charge in [0.25, 0.3) is 11.5 Å². The lowest BCUT2D eigenvalue weighted by Crippen LogP contribution is -2.50. The number of piperazine rings is 1. The zero-order chi connectivity index (χ0) is 22.2. The van der Waals surface area contributed by atoms with Gasteiger partial charge < -0.3 is 14.2 Å². The molecule has 4 heterocycles. The molecule has 4 aromatic rings. The minimum absolute atomic E-state index is 0.000901. The van der Waals surface area contributed by atoms with Gasteiger partial charge in [0, 0.05) is 46.1 Å². The lowest BCUT2D eigenvalue weighted by molar-refractivity contribution is -0.132. The van der Waals surface area contributed by atoms with E-state index >= 15 is 0 Å². The topological polar surface area (TPSA) is 106 Å². The molecule has 5 rings (SSSR count). The summed E-state index contributed by atoms with van der Waals surface area (Å²) in [5.74, 6) is 1.23. The van der Waals surface area contributed by atoms with Gasteiger partial charge in [-0.2, -0.15) is 0 Å². The Morgan fingerprint density at radius 1 is 1.00 bits per heavy atom. The highest BCUT2D eigenvalue weighted by Crippen LogP contribution is 2.16. The van der Waals surface area contributed by atoms with Gasteiger partial charge in [-0.05, 0) is 24.3 Å². The molecule has 1 aliphatic rings. The number of fused-ring (bicyclic) bond motifs is 3. The van der Waals surface area contributed by atoms with Crippen LogP contribution >= 0.6 is 0 Å². The molecule has 0 atom stereocenters. The van der Waals surface area contributed by atoms with Crippen molar-refractivity contribution in [2.45, 2.75) is 12.8 Å². The van der Waals surface area contributed by atoms with E-state index in [1.54, 1.807) is 35.0 Å². The zero-order valence-electron chi connectivity index (χ0n) is 17.6. The van der Waals surface area contributed by atoms with Crippen molar-refractivity contribution < 1.29 is 14.0 Å². The van der Waals surface area contributed by atoms with Crippen LogP contribution in [0.15, 0.2) is 51.9 Å². The lowest BCUT2D eigenvalue weighted by Gasteiger charge is -2.34. The number of carbonyl (C=O) groups excluding carboxylic acids is 2. The van der Waals surface area contributed by atoms with Crippen LogP contribution in [0.4, 0.5) is 0 Å². The first-order chi connectivity index (χ1) is 15.5. The van der Waals surface area contributed by atoms with Crippen LogP contribution in [0.1, 0.15) is 22.8 Å². The van der Waals surface area contributed by atoms with E-state index in [2.05, 4.69) is 10.2 Å². The second kappa shape index (κ2) is 7.95. The first kappa shape index (κ1) is 20.0. The summed E-state index contributed by atoms with van der Waals surface area (Å²) in [5.41, 5.74) is 0.591. The summed E-state index contributed by atoms with van der Waals surface area (Å²) in [7, 11) is 1.66. The van der Waals surface area contributed by atoms with Crippen molar-refractivity contribution in [1.82, 2.24) is 29.0 Å². The van der Waals surface area contributed by atoms with Crippen LogP contribution in [0.3, 0.4) is 0 Å². The number of furan rings is 1. The van der Waals surface area contributed by atoms with Crippen molar-refractivity contribution in [1.29, 1.82) is 0 Å². The lowest BCUT2D eigenvalue weighted by atomic mass is 10.2. The Balaban J connectivity index is 1.28. The van der Waals surface area contributed by atoms with E-state index in [1.807, 2.05) is 22.6 Å². The van der Waals surface area contributed by atoms with E-state index in [-0.39, 0.29) is 23.8 Å². The summed E-state index contributed by atoms with van der Waals surface area (Å²) in [5, 5.41) is 8.99. The Kier molecular flexibility index (Phi) is 4.96. The molecule has 3 aromatic heterocycles. The molecule has 0 spiro atoms. The van der Waals surface area contributed by atoms with E-state index in [1.165, 1.54) is 10.8 Å². The first-order valence-corrected chi connectivity index (χ1v) is 10.5. The third-order valence-electron chi connectivity index (χ3n) is 5.91. The number of nitrogens with zero attached hydrogens (tertiary/aromatic N) is 6. The van der Waals surface area contributed by atoms with Gasteiger partial charge in [0.15, 0.2) is 5.76 Å². The normalized spacial score (nSPS) is 14.4. The predicted molar refractivity (Wildman–Crippen MR) is 115 cm³/mol. The molecule has 1 aromatic carbocycles. The molecule has 1 aliphatic heterocycles. The number of amides is 2. The van der Waals surface area contributed by atoms with Crippen molar-refractivity contribution in [3.63, 3.8) is 0 Å². The standard InChI is InChI=1S/C22H22N6O4/c1-25-20(30)15-5-2-3-6-16(15)28-18(23-24-22(25)28)8-9-19(29)26-10-12-27(13-11-26)21(31)17-7-4-14-32-17/h2-7,14H,8-13H2,1H3. The van der Waals surface area contributed by atoms with Crippen molar-refractivity contribution in [3.05, 3.63) is 64.6 Å². The molecule has 0 unspecified atom stereocenters. The summed E-state index contributed by atoms with van der Waals surface area (Å²) in [6.07, 6.45) is 2.14. The SMILES string of the molecule is Cn1c(=O)c2ccccc2n2c(CCC(=O)N3CCN(C(=O)c4ccco4)CC3)nnc12. The van der Waals surface area contributed by atoms with Crippen LogP contribution in [0, 0.1) is 0 Å². The highest BCUT2D eigenvalue weighted by Gasteiger charge is 2.26. The fourth-order valence-corrected chi connectivity index (χ4v) is 4.15. The number of para-hydroxylation sites is 1. The molecule has 0 N–H and O–H groups in total. The van der Waals surface area contributed by atoms with E-state index < -0.39 is 0 Å². The summed E-state index contributed by atoms with van der Waals surface area (Å²) >= 11 is 0. The smallest absolute Gasteiger partial charge is 0.289 e. The van der Waals surface area contributed by atoms with Crippen molar-refractivity contribution in [2.75, 3.05) is 26.2 Å². The van der Waals surface area contributed by atoms with E-state index in [4.69, 9.17) is 4.42 Å². The number of hydrogen-bond acceptors (Lipinski definition) is 6. The number of aryl methyl sites for hydroxylation is 2. The second-order valence-electron chi connectivity index (χ2n) is 7.78. The van der Waals surface area contributed by atoms with Gasteiger partial charge in [-0.25, -0.2) is 0 Å².